The highest BCUT2D eigenvalue weighted by molar-refractivity contribution is 5.85. The monoisotopic (exact) mass is 486 g/mol. The quantitative estimate of drug-likeness (QED) is 0.517. The molecule has 0 aliphatic carbocycles. The number of anilines is 1. The molecule has 3 rings (SSSR count). The molecule has 0 bridgehead atoms. The lowest BCUT2D eigenvalue weighted by atomic mass is 9.88. The summed E-state index contributed by atoms with van der Waals surface area (Å²) in [6.07, 6.45) is 3.15. The van der Waals surface area contributed by atoms with Crippen molar-refractivity contribution in [3.63, 3.8) is 0 Å². The molecule has 0 radical (unpaired) electrons. The number of aliphatic hydroxyl groups is 1. The second-order valence-electron chi connectivity index (χ2n) is 8.74. The first-order valence-corrected chi connectivity index (χ1v) is 11.0. The zero-order chi connectivity index (χ0) is 21.6. The molecule has 0 atom stereocenters. The van der Waals surface area contributed by atoms with Crippen LogP contribution < -0.4 is 9.64 Å². The smallest absolute Gasteiger partial charge is 0.126 e. The highest BCUT2D eigenvalue weighted by Gasteiger charge is 2.32. The Kier molecular flexibility index (Phi) is 11.8. The molecule has 0 spiro atoms. The molecule has 1 aliphatic heterocycles. The molecule has 0 aromatic heterocycles. The van der Waals surface area contributed by atoms with Gasteiger partial charge in [0.1, 0.15) is 11.6 Å². The van der Waals surface area contributed by atoms with Crippen LogP contribution in [0, 0.1) is 5.82 Å². The van der Waals surface area contributed by atoms with E-state index < -0.39 is 5.60 Å². The topological polar surface area (TPSA) is 35.9 Å². The van der Waals surface area contributed by atoms with Gasteiger partial charge < -0.3 is 19.6 Å². The van der Waals surface area contributed by atoms with Gasteiger partial charge >= 0.3 is 0 Å². The van der Waals surface area contributed by atoms with Gasteiger partial charge in [0, 0.05) is 38.9 Å². The number of ether oxygens (including phenoxy) is 1. The normalized spacial score (nSPS) is 15.6. The van der Waals surface area contributed by atoms with E-state index in [2.05, 4.69) is 29.0 Å². The first kappa shape index (κ1) is 28.5. The number of piperidine rings is 1. The van der Waals surface area contributed by atoms with Crippen molar-refractivity contribution in [2.45, 2.75) is 51.2 Å². The van der Waals surface area contributed by atoms with E-state index in [1.165, 1.54) is 6.07 Å². The van der Waals surface area contributed by atoms with E-state index >= 15 is 0 Å². The van der Waals surface area contributed by atoms with E-state index in [0.717, 1.165) is 62.4 Å². The van der Waals surface area contributed by atoms with Gasteiger partial charge in [0.2, 0.25) is 0 Å². The molecule has 1 aliphatic rings. The summed E-state index contributed by atoms with van der Waals surface area (Å²) in [5.74, 6) is 0.751. The maximum Gasteiger partial charge on any atom is 0.126 e. The van der Waals surface area contributed by atoms with Crippen LogP contribution in [0.5, 0.6) is 5.75 Å². The van der Waals surface area contributed by atoms with E-state index in [0.29, 0.717) is 6.42 Å². The lowest BCUT2D eigenvalue weighted by Gasteiger charge is -2.39. The summed E-state index contributed by atoms with van der Waals surface area (Å²) in [6.45, 7) is 7.39. The van der Waals surface area contributed by atoms with Crippen molar-refractivity contribution < 1.29 is 14.2 Å². The molecule has 4 nitrogen and oxygen atoms in total. The van der Waals surface area contributed by atoms with E-state index in [4.69, 9.17) is 4.74 Å². The number of likely N-dealkylation sites (tertiary alicyclic amines) is 1. The number of rotatable bonds is 9. The molecule has 7 heteroatoms. The van der Waals surface area contributed by atoms with Crippen LogP contribution in [0.25, 0.3) is 0 Å². The predicted octanol–water partition coefficient (Wildman–Crippen LogP) is 5.35. The fourth-order valence-corrected chi connectivity index (χ4v) is 3.98. The van der Waals surface area contributed by atoms with Gasteiger partial charge in [-0.1, -0.05) is 18.2 Å². The lowest BCUT2D eigenvalue weighted by Crippen LogP contribution is -2.46. The summed E-state index contributed by atoms with van der Waals surface area (Å²) in [6, 6.07) is 15.1. The van der Waals surface area contributed by atoms with Gasteiger partial charge in [-0.05, 0) is 75.4 Å². The van der Waals surface area contributed by atoms with Crippen molar-refractivity contribution >= 4 is 30.5 Å². The van der Waals surface area contributed by atoms with Crippen LogP contribution >= 0.6 is 24.8 Å². The van der Waals surface area contributed by atoms with Crippen LogP contribution in [0.2, 0.25) is 0 Å². The Labute approximate surface area is 204 Å². The van der Waals surface area contributed by atoms with Crippen LogP contribution in [-0.2, 0) is 6.42 Å². The van der Waals surface area contributed by atoms with Crippen LogP contribution in [-0.4, -0.2) is 54.9 Å². The third-order valence-electron chi connectivity index (χ3n) is 6.00. The molecule has 2 aromatic carbocycles. The molecule has 0 unspecified atom stereocenters. The Hall–Kier alpha value is -1.53. The fraction of sp³-hybridized carbons (Fsp3) is 0.520. The molecule has 1 heterocycles. The zero-order valence-electron chi connectivity index (χ0n) is 19.3. The minimum atomic E-state index is -0.622. The Balaban J connectivity index is 0.00000256. The van der Waals surface area contributed by atoms with Crippen LogP contribution in [0.15, 0.2) is 48.5 Å². The number of nitrogens with zero attached hydrogens (tertiary/aromatic N) is 2. The molecule has 32 heavy (non-hydrogen) atoms. The first-order valence-electron chi connectivity index (χ1n) is 11.0. The van der Waals surface area contributed by atoms with Crippen LogP contribution in [0.4, 0.5) is 10.1 Å². The molecule has 1 N–H and O–H groups in total. The fourth-order valence-electron chi connectivity index (χ4n) is 3.98. The molecule has 1 fully saturated rings. The van der Waals surface area contributed by atoms with Gasteiger partial charge in [0.05, 0.1) is 11.7 Å². The number of benzene rings is 2. The standard InChI is InChI=1S/C25H35FN2O2.2ClH/c1-20(2)30-23-10-8-22(9-11-23)27(3)17-13-25(29)14-18-28(19-15-25)16-12-21-6-4-5-7-24(21)26;;/h4-11,20,29H,12-19H2,1-3H3;2*1H. The second-order valence-corrected chi connectivity index (χ2v) is 8.74. The van der Waals surface area contributed by atoms with Crippen molar-refractivity contribution in [3.05, 3.63) is 59.9 Å². The molecule has 180 valence electrons. The number of hydrogen-bond donors (Lipinski definition) is 1. The maximum atomic E-state index is 13.8. The van der Waals surface area contributed by atoms with Crippen molar-refractivity contribution in [3.8, 4) is 5.75 Å². The Morgan fingerprint density at radius 1 is 1.06 bits per heavy atom. The molecule has 0 saturated carbocycles. The lowest BCUT2D eigenvalue weighted by molar-refractivity contribution is -0.0254. The summed E-state index contributed by atoms with van der Waals surface area (Å²) in [5, 5.41) is 11.0. The summed E-state index contributed by atoms with van der Waals surface area (Å²) >= 11 is 0. The number of hydrogen-bond acceptors (Lipinski definition) is 4. The molecule has 2 aromatic rings. The largest absolute Gasteiger partial charge is 0.491 e. The highest BCUT2D eigenvalue weighted by Crippen LogP contribution is 2.27. The van der Waals surface area contributed by atoms with Gasteiger partial charge in [-0.25, -0.2) is 4.39 Å². The van der Waals surface area contributed by atoms with Crippen molar-refractivity contribution in [1.82, 2.24) is 4.90 Å². The van der Waals surface area contributed by atoms with Crippen LogP contribution in [0.1, 0.15) is 38.7 Å². The Bertz CT molecular complexity index is 797. The zero-order valence-corrected chi connectivity index (χ0v) is 20.9. The first-order chi connectivity index (χ1) is 14.3. The van der Waals surface area contributed by atoms with Gasteiger partial charge in [0.25, 0.3) is 0 Å². The molecule has 1 saturated heterocycles. The maximum absolute atomic E-state index is 13.8. The summed E-state index contributed by atoms with van der Waals surface area (Å²) in [7, 11) is 2.06. The summed E-state index contributed by atoms with van der Waals surface area (Å²) < 4.78 is 19.5. The van der Waals surface area contributed by atoms with Crippen molar-refractivity contribution in [2.75, 3.05) is 38.1 Å². The van der Waals surface area contributed by atoms with Crippen LogP contribution in [0.3, 0.4) is 0 Å². The predicted molar refractivity (Wildman–Crippen MR) is 135 cm³/mol. The highest BCUT2D eigenvalue weighted by atomic mass is 35.5. The summed E-state index contributed by atoms with van der Waals surface area (Å²) in [4.78, 5) is 4.51. The molecular formula is C25H37Cl2FN2O2. The van der Waals surface area contributed by atoms with E-state index in [-0.39, 0.29) is 36.7 Å². The van der Waals surface area contributed by atoms with Crippen molar-refractivity contribution in [1.29, 1.82) is 0 Å². The third kappa shape index (κ3) is 8.43. The SMILES string of the molecule is CC(C)Oc1ccc(N(C)CCC2(O)CCN(CCc3ccccc3F)CC2)cc1.Cl.Cl. The van der Waals surface area contributed by atoms with E-state index in [1.807, 2.05) is 38.1 Å². The molecular weight excluding hydrogens is 450 g/mol. The van der Waals surface area contributed by atoms with E-state index in [1.54, 1.807) is 6.07 Å². The van der Waals surface area contributed by atoms with Crippen molar-refractivity contribution in [2.24, 2.45) is 0 Å². The summed E-state index contributed by atoms with van der Waals surface area (Å²) in [5.41, 5.74) is 1.27. The Morgan fingerprint density at radius 2 is 1.69 bits per heavy atom. The minimum Gasteiger partial charge on any atom is -0.491 e. The average Bonchev–Trinajstić information content (AvgIpc) is 2.73. The number of halogens is 3. The third-order valence-corrected chi connectivity index (χ3v) is 6.00. The Morgan fingerprint density at radius 3 is 2.28 bits per heavy atom. The molecule has 0 amide bonds. The minimum absolute atomic E-state index is 0. The van der Waals surface area contributed by atoms with Gasteiger partial charge in [-0.15, -0.1) is 24.8 Å². The second kappa shape index (κ2) is 13.2. The van der Waals surface area contributed by atoms with Gasteiger partial charge in [-0.2, -0.15) is 0 Å². The van der Waals surface area contributed by atoms with E-state index in [9.17, 15) is 9.50 Å². The van der Waals surface area contributed by atoms with Gasteiger partial charge in [-0.3, -0.25) is 0 Å². The average molecular weight is 487 g/mol. The van der Waals surface area contributed by atoms with Gasteiger partial charge in [0.15, 0.2) is 0 Å².